The number of thiazole rings is 1. The van der Waals surface area contributed by atoms with Crippen LogP contribution in [0.5, 0.6) is 0 Å². The van der Waals surface area contributed by atoms with E-state index in [-0.39, 0.29) is 46.2 Å². The molecule has 2 amide bonds. The zero-order valence-electron chi connectivity index (χ0n) is 21.0. The number of ether oxygens (including phenoxy) is 1. The highest BCUT2D eigenvalue weighted by atomic mass is 32.1. The highest BCUT2D eigenvalue weighted by Crippen LogP contribution is 2.40. The molecule has 12 heteroatoms. The minimum absolute atomic E-state index is 0.0511. The number of amides is 2. The van der Waals surface area contributed by atoms with Gasteiger partial charge in [-0.3, -0.25) is 9.59 Å². The first-order valence-electron chi connectivity index (χ1n) is 12.5. The second kappa shape index (κ2) is 9.54. The second-order valence-electron chi connectivity index (χ2n) is 10.4. The SMILES string of the molecule is CC[C@H](Nc1cc(C)c(-c2sc(C(=O)N3CC4(COC4)C3)nc2C(=O)N2CCC[C@@H]2C)cn1)C(F)(F)F. The Morgan fingerprint density at radius 3 is 2.57 bits per heavy atom. The summed E-state index contributed by atoms with van der Waals surface area (Å²) in [7, 11) is 0. The maximum Gasteiger partial charge on any atom is 0.408 e. The molecule has 0 saturated carbocycles. The van der Waals surface area contributed by atoms with Crippen molar-refractivity contribution < 1.29 is 27.5 Å². The zero-order chi connectivity index (χ0) is 26.5. The van der Waals surface area contributed by atoms with Crippen LogP contribution in [-0.2, 0) is 4.74 Å². The number of likely N-dealkylation sites (tertiary alicyclic amines) is 2. The maximum atomic E-state index is 13.5. The van der Waals surface area contributed by atoms with Gasteiger partial charge in [0.25, 0.3) is 11.8 Å². The van der Waals surface area contributed by atoms with Crippen molar-refractivity contribution in [3.63, 3.8) is 0 Å². The minimum atomic E-state index is -4.40. The molecule has 5 heterocycles. The molecule has 3 fully saturated rings. The summed E-state index contributed by atoms with van der Waals surface area (Å²) in [6.45, 7) is 8.31. The molecule has 0 aliphatic carbocycles. The van der Waals surface area contributed by atoms with E-state index in [0.29, 0.717) is 48.9 Å². The Labute approximate surface area is 217 Å². The van der Waals surface area contributed by atoms with E-state index in [4.69, 9.17) is 4.74 Å². The second-order valence-corrected chi connectivity index (χ2v) is 11.4. The van der Waals surface area contributed by atoms with Crippen LogP contribution >= 0.6 is 11.3 Å². The Morgan fingerprint density at radius 1 is 1.30 bits per heavy atom. The molecule has 2 atom stereocenters. The fraction of sp³-hybridized carbons (Fsp3) is 0.600. The predicted octanol–water partition coefficient (Wildman–Crippen LogP) is 4.36. The molecule has 0 unspecified atom stereocenters. The fourth-order valence-corrected chi connectivity index (χ4v) is 6.29. The van der Waals surface area contributed by atoms with Gasteiger partial charge in [-0.2, -0.15) is 13.2 Å². The Morgan fingerprint density at radius 2 is 2.03 bits per heavy atom. The molecule has 0 radical (unpaired) electrons. The van der Waals surface area contributed by atoms with Crippen LogP contribution in [0.4, 0.5) is 19.0 Å². The first-order valence-corrected chi connectivity index (χ1v) is 13.3. The molecule has 3 saturated heterocycles. The van der Waals surface area contributed by atoms with Crippen molar-refractivity contribution in [1.82, 2.24) is 19.8 Å². The summed E-state index contributed by atoms with van der Waals surface area (Å²) in [5.74, 6) is -0.370. The molecule has 8 nitrogen and oxygen atoms in total. The number of carbonyl (C=O) groups is 2. The lowest BCUT2D eigenvalue weighted by Crippen LogP contribution is -2.67. The van der Waals surface area contributed by atoms with E-state index >= 15 is 0 Å². The van der Waals surface area contributed by atoms with Crippen LogP contribution in [0, 0.1) is 12.3 Å². The number of nitrogens with one attached hydrogen (secondary N) is 1. The molecule has 2 aromatic rings. The third-order valence-electron chi connectivity index (χ3n) is 7.46. The molecule has 5 rings (SSSR count). The van der Waals surface area contributed by atoms with Crippen LogP contribution in [0.15, 0.2) is 12.3 Å². The van der Waals surface area contributed by atoms with E-state index in [1.54, 1.807) is 16.7 Å². The Hall–Kier alpha value is -2.73. The fourth-order valence-electron chi connectivity index (χ4n) is 5.19. The number of carbonyl (C=O) groups excluding carboxylic acids is 2. The van der Waals surface area contributed by atoms with E-state index in [9.17, 15) is 22.8 Å². The number of hydrogen-bond donors (Lipinski definition) is 1. The number of aryl methyl sites for hydroxylation is 1. The molecular formula is C25H30F3N5O3S. The van der Waals surface area contributed by atoms with Gasteiger partial charge < -0.3 is 19.9 Å². The van der Waals surface area contributed by atoms with Gasteiger partial charge in [-0.05, 0) is 44.7 Å². The number of pyridine rings is 1. The summed E-state index contributed by atoms with van der Waals surface area (Å²) in [4.78, 5) is 39.5. The van der Waals surface area contributed by atoms with Gasteiger partial charge in [0.15, 0.2) is 5.01 Å². The number of halogens is 3. The summed E-state index contributed by atoms with van der Waals surface area (Å²) < 4.78 is 45.0. The number of rotatable bonds is 6. The molecule has 200 valence electrons. The highest BCUT2D eigenvalue weighted by molar-refractivity contribution is 7.17. The molecule has 1 N–H and O–H groups in total. The average molecular weight is 538 g/mol. The normalized spacial score (nSPS) is 21.5. The molecule has 3 aliphatic rings. The molecule has 3 aliphatic heterocycles. The largest absolute Gasteiger partial charge is 0.408 e. The Balaban J connectivity index is 1.46. The van der Waals surface area contributed by atoms with Gasteiger partial charge in [-0.15, -0.1) is 11.3 Å². The summed E-state index contributed by atoms with van der Waals surface area (Å²) in [5.41, 5.74) is 1.45. The van der Waals surface area contributed by atoms with Crippen LogP contribution in [-0.4, -0.2) is 82.7 Å². The van der Waals surface area contributed by atoms with Crippen molar-refractivity contribution in [3.05, 3.63) is 28.5 Å². The first kappa shape index (κ1) is 25.9. The third-order valence-corrected chi connectivity index (χ3v) is 8.54. The van der Waals surface area contributed by atoms with Crippen LogP contribution < -0.4 is 5.32 Å². The monoisotopic (exact) mass is 537 g/mol. The summed E-state index contributed by atoms with van der Waals surface area (Å²) in [6, 6.07) is -0.116. The van der Waals surface area contributed by atoms with Gasteiger partial charge in [-0.1, -0.05) is 6.92 Å². The summed E-state index contributed by atoms with van der Waals surface area (Å²) in [6.07, 6.45) is -1.29. The number of hydrogen-bond acceptors (Lipinski definition) is 7. The van der Waals surface area contributed by atoms with E-state index < -0.39 is 12.2 Å². The van der Waals surface area contributed by atoms with Gasteiger partial charge in [0.05, 0.1) is 23.5 Å². The standard InChI is InChI=1S/C25H30F3N5O3S/c1-4-17(25(26,27)28)30-18-8-14(2)16(9-29-18)20-19(22(34)33-7-5-6-15(33)3)31-21(37-20)23(35)32-10-24(11-32)12-36-13-24/h8-9,15,17H,4-7,10-13H2,1-3H3,(H,29,30)/t15-,17-/m0/s1. The lowest BCUT2D eigenvalue weighted by Gasteiger charge is -2.54. The number of nitrogens with zero attached hydrogens (tertiary/aromatic N) is 4. The van der Waals surface area contributed by atoms with Crippen LogP contribution in [0.2, 0.25) is 0 Å². The zero-order valence-corrected chi connectivity index (χ0v) is 21.8. The van der Waals surface area contributed by atoms with Gasteiger partial charge in [0.2, 0.25) is 0 Å². The van der Waals surface area contributed by atoms with Gasteiger partial charge in [0.1, 0.15) is 17.6 Å². The molecule has 37 heavy (non-hydrogen) atoms. The lowest BCUT2D eigenvalue weighted by molar-refractivity contribution is -0.176. The van der Waals surface area contributed by atoms with E-state index in [0.717, 1.165) is 24.2 Å². The molecule has 0 aromatic carbocycles. The van der Waals surface area contributed by atoms with Crippen LogP contribution in [0.25, 0.3) is 10.4 Å². The van der Waals surface area contributed by atoms with Gasteiger partial charge in [0, 0.05) is 37.4 Å². The smallest absolute Gasteiger partial charge is 0.380 e. The van der Waals surface area contributed by atoms with Gasteiger partial charge >= 0.3 is 6.18 Å². The third kappa shape index (κ3) is 4.81. The number of alkyl halides is 3. The minimum Gasteiger partial charge on any atom is -0.380 e. The van der Waals surface area contributed by atoms with E-state index in [1.807, 2.05) is 6.92 Å². The highest BCUT2D eigenvalue weighted by Gasteiger charge is 2.51. The van der Waals surface area contributed by atoms with Crippen molar-refractivity contribution >= 4 is 29.0 Å². The van der Waals surface area contributed by atoms with Crippen molar-refractivity contribution in [2.24, 2.45) is 5.41 Å². The summed E-state index contributed by atoms with van der Waals surface area (Å²) >= 11 is 1.13. The Bertz CT molecular complexity index is 1200. The topological polar surface area (TPSA) is 87.7 Å². The van der Waals surface area contributed by atoms with E-state index in [2.05, 4.69) is 15.3 Å². The van der Waals surface area contributed by atoms with E-state index in [1.165, 1.54) is 19.2 Å². The van der Waals surface area contributed by atoms with Crippen molar-refractivity contribution in [3.8, 4) is 10.4 Å². The maximum absolute atomic E-state index is 13.5. The molecular weight excluding hydrogens is 507 g/mol. The van der Waals surface area contributed by atoms with Crippen molar-refractivity contribution in [2.75, 3.05) is 38.2 Å². The molecule has 1 spiro atoms. The Kier molecular flexibility index (Phi) is 6.68. The number of aromatic nitrogens is 2. The molecule has 2 aromatic heterocycles. The van der Waals surface area contributed by atoms with Gasteiger partial charge in [-0.25, -0.2) is 9.97 Å². The first-order chi connectivity index (χ1) is 17.5. The summed E-state index contributed by atoms with van der Waals surface area (Å²) in [5, 5.41) is 2.68. The number of anilines is 1. The van der Waals surface area contributed by atoms with Crippen molar-refractivity contribution in [2.45, 2.75) is 58.3 Å². The predicted molar refractivity (Wildman–Crippen MR) is 133 cm³/mol. The lowest BCUT2D eigenvalue weighted by atomic mass is 9.78. The van der Waals surface area contributed by atoms with Crippen LogP contribution in [0.1, 0.15) is 59.0 Å². The molecule has 0 bridgehead atoms. The average Bonchev–Trinajstić information content (AvgIpc) is 3.41. The van der Waals surface area contributed by atoms with Crippen LogP contribution in [0.3, 0.4) is 0 Å². The van der Waals surface area contributed by atoms with Crippen molar-refractivity contribution in [1.29, 1.82) is 0 Å². The quantitative estimate of drug-likeness (QED) is 0.589.